The Bertz CT molecular complexity index is 555. The molecule has 2 unspecified atom stereocenters. The third-order valence-corrected chi connectivity index (χ3v) is 4.78. The van der Waals surface area contributed by atoms with Crippen molar-refractivity contribution in [2.75, 3.05) is 6.61 Å². The highest BCUT2D eigenvalue weighted by Gasteiger charge is 2.27. The predicted octanol–water partition coefficient (Wildman–Crippen LogP) is 2.10. The molecule has 0 bridgehead atoms. The molecule has 18 heavy (non-hydrogen) atoms. The smallest absolute Gasteiger partial charge is 0.138 e. The van der Waals surface area contributed by atoms with E-state index in [9.17, 15) is 5.11 Å². The highest BCUT2D eigenvalue weighted by Crippen LogP contribution is 2.34. The van der Waals surface area contributed by atoms with Crippen LogP contribution in [0.5, 0.6) is 0 Å². The van der Waals surface area contributed by atoms with E-state index in [0.717, 1.165) is 29.4 Å². The molecule has 2 aromatic rings. The molecule has 0 aromatic carbocycles. The van der Waals surface area contributed by atoms with E-state index in [1.54, 1.807) is 11.8 Å². The van der Waals surface area contributed by atoms with Crippen LogP contribution >= 0.6 is 11.8 Å². The van der Waals surface area contributed by atoms with E-state index < -0.39 is 0 Å². The summed E-state index contributed by atoms with van der Waals surface area (Å²) in [5, 5.41) is 10.9. The second-order valence-electron chi connectivity index (χ2n) is 4.47. The second kappa shape index (κ2) is 4.91. The van der Waals surface area contributed by atoms with E-state index >= 15 is 0 Å². The summed E-state index contributed by atoms with van der Waals surface area (Å²) in [7, 11) is 0. The summed E-state index contributed by atoms with van der Waals surface area (Å²) < 4.78 is 7.51. The monoisotopic (exact) mass is 264 g/mol. The predicted molar refractivity (Wildman–Crippen MR) is 70.8 cm³/mol. The van der Waals surface area contributed by atoms with Gasteiger partial charge in [-0.25, -0.2) is 4.98 Å². The summed E-state index contributed by atoms with van der Waals surface area (Å²) in [6, 6.07) is 5.86. The van der Waals surface area contributed by atoms with Gasteiger partial charge in [-0.2, -0.15) is 0 Å². The van der Waals surface area contributed by atoms with Crippen LogP contribution in [-0.2, 0) is 11.3 Å². The van der Waals surface area contributed by atoms with E-state index in [1.807, 2.05) is 28.8 Å². The van der Waals surface area contributed by atoms with Crippen LogP contribution in [0.3, 0.4) is 0 Å². The minimum Gasteiger partial charge on any atom is -0.390 e. The van der Waals surface area contributed by atoms with Crippen molar-refractivity contribution in [1.82, 2.24) is 9.38 Å². The number of hydrogen-bond acceptors (Lipinski definition) is 4. The number of rotatable bonds is 3. The maximum atomic E-state index is 9.54. The van der Waals surface area contributed by atoms with Gasteiger partial charge >= 0.3 is 0 Å². The number of aromatic nitrogens is 2. The molecule has 4 nitrogen and oxygen atoms in total. The average Bonchev–Trinajstić information content (AvgIpc) is 2.93. The maximum absolute atomic E-state index is 9.54. The molecule has 2 atom stereocenters. The Morgan fingerprint density at radius 3 is 3.17 bits per heavy atom. The molecule has 1 aliphatic rings. The zero-order chi connectivity index (χ0) is 12.5. The lowest BCUT2D eigenvalue weighted by Crippen LogP contribution is -2.13. The number of fused-ring (bicyclic) bond motifs is 1. The van der Waals surface area contributed by atoms with Crippen LogP contribution in [0.15, 0.2) is 29.4 Å². The Kier molecular flexibility index (Phi) is 3.28. The highest BCUT2D eigenvalue weighted by molar-refractivity contribution is 8.00. The fraction of sp³-hybridized carbons (Fsp3) is 0.462. The molecule has 1 N–H and O–H groups in total. The average molecular weight is 264 g/mol. The van der Waals surface area contributed by atoms with Crippen molar-refractivity contribution in [3.8, 4) is 0 Å². The van der Waals surface area contributed by atoms with Crippen LogP contribution in [0, 0.1) is 0 Å². The zero-order valence-corrected chi connectivity index (χ0v) is 11.1. The summed E-state index contributed by atoms with van der Waals surface area (Å²) in [5.74, 6) is 0. The summed E-state index contributed by atoms with van der Waals surface area (Å²) in [5.41, 5.74) is 1.75. The fourth-order valence-corrected chi connectivity index (χ4v) is 3.49. The molecule has 3 heterocycles. The van der Waals surface area contributed by atoms with Crippen molar-refractivity contribution >= 4 is 17.4 Å². The van der Waals surface area contributed by atoms with Gasteiger partial charge in [-0.1, -0.05) is 17.8 Å². The van der Waals surface area contributed by atoms with Gasteiger partial charge in [-0.3, -0.25) is 0 Å². The van der Waals surface area contributed by atoms with E-state index in [0.29, 0.717) is 5.25 Å². The van der Waals surface area contributed by atoms with E-state index in [-0.39, 0.29) is 12.7 Å². The van der Waals surface area contributed by atoms with Gasteiger partial charge in [0, 0.05) is 18.1 Å². The van der Waals surface area contributed by atoms with E-state index in [2.05, 4.69) is 11.9 Å². The topological polar surface area (TPSA) is 46.8 Å². The summed E-state index contributed by atoms with van der Waals surface area (Å²) in [4.78, 5) is 4.59. The number of ether oxygens (including phenoxy) is 1. The van der Waals surface area contributed by atoms with Crippen molar-refractivity contribution in [3.05, 3.63) is 30.1 Å². The van der Waals surface area contributed by atoms with Gasteiger partial charge in [0.2, 0.25) is 0 Å². The molecule has 2 aromatic heterocycles. The first kappa shape index (κ1) is 12.0. The first-order valence-electron chi connectivity index (χ1n) is 6.14. The Hall–Kier alpha value is -1.04. The van der Waals surface area contributed by atoms with Crippen molar-refractivity contribution in [1.29, 1.82) is 0 Å². The van der Waals surface area contributed by atoms with Crippen LogP contribution < -0.4 is 0 Å². The van der Waals surface area contributed by atoms with Crippen molar-refractivity contribution in [3.63, 3.8) is 0 Å². The normalized spacial score (nSPS) is 23.9. The molecule has 0 amide bonds. The molecule has 3 rings (SSSR count). The van der Waals surface area contributed by atoms with Crippen LogP contribution in [0.2, 0.25) is 0 Å². The van der Waals surface area contributed by atoms with Gasteiger partial charge < -0.3 is 14.2 Å². The minimum absolute atomic E-state index is 0.00940. The highest BCUT2D eigenvalue weighted by atomic mass is 32.2. The number of aliphatic hydroxyl groups excluding tert-OH is 1. The lowest BCUT2D eigenvalue weighted by molar-refractivity contribution is 0.127. The molecule has 5 heteroatoms. The van der Waals surface area contributed by atoms with Crippen molar-refractivity contribution in [2.24, 2.45) is 0 Å². The van der Waals surface area contributed by atoms with Crippen LogP contribution in [-0.4, -0.2) is 32.5 Å². The quantitative estimate of drug-likeness (QED) is 0.922. The zero-order valence-electron chi connectivity index (χ0n) is 10.2. The molecule has 1 aliphatic heterocycles. The number of aliphatic hydroxyl groups is 1. The van der Waals surface area contributed by atoms with Crippen LogP contribution in [0.4, 0.5) is 0 Å². The first-order valence-corrected chi connectivity index (χ1v) is 7.02. The largest absolute Gasteiger partial charge is 0.390 e. The van der Waals surface area contributed by atoms with Gasteiger partial charge in [0.1, 0.15) is 10.7 Å². The number of imidazole rings is 1. The minimum atomic E-state index is 0.00940. The van der Waals surface area contributed by atoms with Gasteiger partial charge in [-0.15, -0.1) is 0 Å². The SMILES string of the molecule is CC1OCCC1Sc1nc2ccccn2c1CO. The lowest BCUT2D eigenvalue weighted by atomic mass is 10.3. The Morgan fingerprint density at radius 1 is 1.56 bits per heavy atom. The Balaban J connectivity index is 1.95. The fourth-order valence-electron chi connectivity index (χ4n) is 2.27. The molecular weight excluding hydrogens is 248 g/mol. The number of nitrogens with zero attached hydrogens (tertiary/aromatic N) is 2. The molecule has 0 radical (unpaired) electrons. The maximum Gasteiger partial charge on any atom is 0.138 e. The van der Waals surface area contributed by atoms with Gasteiger partial charge in [0.15, 0.2) is 0 Å². The third kappa shape index (κ3) is 2.02. The second-order valence-corrected chi connectivity index (χ2v) is 5.70. The Labute approximate surface area is 110 Å². The summed E-state index contributed by atoms with van der Waals surface area (Å²) >= 11 is 1.72. The lowest BCUT2D eigenvalue weighted by Gasteiger charge is -2.12. The van der Waals surface area contributed by atoms with E-state index in [1.165, 1.54) is 0 Å². The molecule has 0 aliphatic carbocycles. The summed E-state index contributed by atoms with van der Waals surface area (Å²) in [6.07, 6.45) is 3.24. The summed E-state index contributed by atoms with van der Waals surface area (Å²) in [6.45, 7) is 2.93. The van der Waals surface area contributed by atoms with Gasteiger partial charge in [0.25, 0.3) is 0 Å². The number of pyridine rings is 1. The van der Waals surface area contributed by atoms with Crippen LogP contribution in [0.1, 0.15) is 19.0 Å². The van der Waals surface area contributed by atoms with E-state index in [4.69, 9.17) is 4.74 Å². The van der Waals surface area contributed by atoms with Gasteiger partial charge in [-0.05, 0) is 25.5 Å². The number of thioether (sulfide) groups is 1. The van der Waals surface area contributed by atoms with Gasteiger partial charge in [0.05, 0.1) is 18.4 Å². The van der Waals surface area contributed by atoms with Crippen molar-refractivity contribution in [2.45, 2.75) is 36.3 Å². The number of hydrogen-bond donors (Lipinski definition) is 1. The molecule has 1 saturated heterocycles. The Morgan fingerprint density at radius 2 is 2.44 bits per heavy atom. The molecule has 0 spiro atoms. The first-order chi connectivity index (χ1) is 8.79. The standard InChI is InChI=1S/C13H16N2O2S/c1-9-11(5-7-17-9)18-13-10(8-16)15-6-3-2-4-12(15)14-13/h2-4,6,9,11,16H,5,7-8H2,1H3. The molecule has 96 valence electrons. The van der Waals surface area contributed by atoms with Crippen molar-refractivity contribution < 1.29 is 9.84 Å². The third-order valence-electron chi connectivity index (χ3n) is 3.31. The van der Waals surface area contributed by atoms with Crippen LogP contribution in [0.25, 0.3) is 5.65 Å². The molecule has 0 saturated carbocycles. The molecular formula is C13H16N2O2S. The molecule has 1 fully saturated rings.